The fraction of sp³-hybridized carbons (Fsp3) is 0.184. The van der Waals surface area contributed by atoms with E-state index in [1.807, 2.05) is 58.0 Å². The molecule has 5 aromatic rings. The van der Waals surface area contributed by atoms with E-state index in [1.54, 1.807) is 11.3 Å². The van der Waals surface area contributed by atoms with Crippen molar-refractivity contribution >= 4 is 45.8 Å². The molecule has 3 aromatic heterocycles. The number of anilines is 3. The molecule has 0 atom stereocenters. The zero-order valence-electron chi connectivity index (χ0n) is 25.4. The highest BCUT2D eigenvalue weighted by molar-refractivity contribution is 7.16. The van der Waals surface area contributed by atoms with Crippen LogP contribution in [0.2, 0.25) is 0 Å². The Labute approximate surface area is 257 Å². The molecular formula is C38H33N3OS. The molecular weight excluding hydrogens is 547 g/mol. The van der Waals surface area contributed by atoms with Crippen LogP contribution < -0.4 is 4.90 Å². The second kappa shape index (κ2) is 9.72. The molecule has 2 aliphatic rings. The maximum absolute atomic E-state index is 13.2. The molecule has 2 aliphatic carbocycles. The van der Waals surface area contributed by atoms with Crippen LogP contribution in [0, 0.1) is 27.7 Å². The van der Waals surface area contributed by atoms with Gasteiger partial charge in [0.25, 0.3) is 0 Å². The molecule has 2 aromatic carbocycles. The Hall–Kier alpha value is -4.61. The first-order chi connectivity index (χ1) is 20.5. The molecule has 0 radical (unpaired) electrons. The minimum atomic E-state index is -0.201. The Morgan fingerprint density at radius 2 is 1.30 bits per heavy atom. The van der Waals surface area contributed by atoms with Crippen molar-refractivity contribution in [2.75, 3.05) is 4.90 Å². The van der Waals surface area contributed by atoms with Crippen molar-refractivity contribution in [1.29, 1.82) is 0 Å². The zero-order valence-corrected chi connectivity index (χ0v) is 26.2. The van der Waals surface area contributed by atoms with E-state index in [1.165, 1.54) is 21.6 Å². The molecule has 212 valence electrons. The summed E-state index contributed by atoms with van der Waals surface area (Å²) in [5.41, 5.74) is 14.0. The molecule has 0 saturated carbocycles. The highest BCUT2D eigenvalue weighted by atomic mass is 32.1. The van der Waals surface area contributed by atoms with Gasteiger partial charge in [-0.25, -0.2) is 0 Å². The minimum Gasteiger partial charge on any atom is -0.310 e. The van der Waals surface area contributed by atoms with E-state index in [2.05, 4.69) is 83.8 Å². The van der Waals surface area contributed by atoms with Crippen LogP contribution in [0.3, 0.4) is 0 Å². The van der Waals surface area contributed by atoms with E-state index in [9.17, 15) is 4.79 Å². The van der Waals surface area contributed by atoms with Crippen molar-refractivity contribution in [3.8, 4) is 10.4 Å². The monoisotopic (exact) mass is 579 g/mol. The maximum Gasteiger partial charge on any atom is 0.194 e. The topological polar surface area (TPSA) is 46.1 Å². The van der Waals surface area contributed by atoms with Gasteiger partial charge < -0.3 is 4.90 Å². The van der Waals surface area contributed by atoms with Crippen LogP contribution in [0.15, 0.2) is 84.9 Å². The number of carbonyl (C=O) groups excluding carboxylic acids is 1. The van der Waals surface area contributed by atoms with Crippen molar-refractivity contribution in [3.05, 3.63) is 135 Å². The molecule has 3 heterocycles. The van der Waals surface area contributed by atoms with Gasteiger partial charge >= 0.3 is 0 Å². The molecule has 0 amide bonds. The number of Topliss-reactive ketones (excluding diaryl/α,β-unsaturated/α-hetero) is 1. The van der Waals surface area contributed by atoms with Gasteiger partial charge in [0.05, 0.1) is 0 Å². The van der Waals surface area contributed by atoms with E-state index in [0.29, 0.717) is 5.57 Å². The van der Waals surface area contributed by atoms with Crippen LogP contribution in [0.25, 0.3) is 22.1 Å². The Bertz CT molecular complexity index is 1920. The second-order valence-electron chi connectivity index (χ2n) is 12.2. The number of pyridine rings is 2. The van der Waals surface area contributed by atoms with E-state index < -0.39 is 0 Å². The highest BCUT2D eigenvalue weighted by Crippen LogP contribution is 2.54. The van der Waals surface area contributed by atoms with E-state index >= 15 is 0 Å². The number of fused-ring (bicyclic) bond motifs is 4. The van der Waals surface area contributed by atoms with Crippen molar-refractivity contribution in [1.82, 2.24) is 9.97 Å². The molecule has 5 heteroatoms. The van der Waals surface area contributed by atoms with E-state index in [-0.39, 0.29) is 11.2 Å². The van der Waals surface area contributed by atoms with Crippen LogP contribution in [0.4, 0.5) is 17.1 Å². The number of hydrogen-bond acceptors (Lipinski definition) is 5. The average Bonchev–Trinajstić information content (AvgIpc) is 3.54. The third kappa shape index (κ3) is 4.38. The Kier molecular flexibility index (Phi) is 6.15. The lowest BCUT2D eigenvalue weighted by Gasteiger charge is -2.29. The fourth-order valence-corrected chi connectivity index (χ4v) is 7.97. The first-order valence-electron chi connectivity index (χ1n) is 14.6. The predicted octanol–water partition coefficient (Wildman–Crippen LogP) is 9.84. The summed E-state index contributed by atoms with van der Waals surface area (Å²) in [6.45, 7) is 17.0. The van der Waals surface area contributed by atoms with Gasteiger partial charge in [0.2, 0.25) is 0 Å². The van der Waals surface area contributed by atoms with Gasteiger partial charge in [-0.1, -0.05) is 50.8 Å². The standard InChI is InChI=1S/C38H33N3OS/c1-21-14-27(15-22(2)39-21)41(28-16-23(3)40-24(4)17-28)26-12-13-32-34(18-26)38(6,7)35-20-29(43-37(32)35)19-33-25(5)30-10-8-9-11-31(30)36(33)42/h8-20H,5H2,1-4,6-7H3/b33-19-. The molecule has 0 fully saturated rings. The van der Waals surface area contributed by atoms with Gasteiger partial charge in [0.1, 0.15) is 0 Å². The number of aromatic nitrogens is 2. The molecule has 43 heavy (non-hydrogen) atoms. The van der Waals surface area contributed by atoms with Gasteiger partial charge in [0.15, 0.2) is 5.78 Å². The van der Waals surface area contributed by atoms with Crippen LogP contribution in [0.5, 0.6) is 0 Å². The summed E-state index contributed by atoms with van der Waals surface area (Å²) in [7, 11) is 0. The minimum absolute atomic E-state index is 0.0572. The Balaban J connectivity index is 1.32. The largest absolute Gasteiger partial charge is 0.310 e. The summed E-state index contributed by atoms with van der Waals surface area (Å²) in [5.74, 6) is 0.0572. The molecule has 0 saturated heterocycles. The molecule has 0 N–H and O–H groups in total. The molecule has 0 bridgehead atoms. The molecule has 0 unspecified atom stereocenters. The molecule has 0 aliphatic heterocycles. The smallest absolute Gasteiger partial charge is 0.194 e. The number of thiophene rings is 1. The fourth-order valence-electron chi connectivity index (χ4n) is 6.67. The summed E-state index contributed by atoms with van der Waals surface area (Å²) in [5, 5.41) is 0. The lowest BCUT2D eigenvalue weighted by atomic mass is 9.82. The summed E-state index contributed by atoms with van der Waals surface area (Å²) in [6, 6.07) is 25.4. The van der Waals surface area contributed by atoms with Gasteiger partial charge in [-0.3, -0.25) is 14.8 Å². The van der Waals surface area contributed by atoms with Crippen LogP contribution in [-0.4, -0.2) is 15.8 Å². The van der Waals surface area contributed by atoms with Gasteiger partial charge in [-0.05, 0) is 104 Å². The SMILES string of the molecule is C=C1/C(=C/c2cc3c(s2)-c2ccc(N(c4cc(C)nc(C)c4)c4cc(C)nc(C)c4)cc2C3(C)C)C(=O)c2ccccc21. The van der Waals surface area contributed by atoms with Crippen LogP contribution >= 0.6 is 11.3 Å². The number of aryl methyl sites for hydroxylation is 4. The number of ketones is 1. The highest BCUT2D eigenvalue weighted by Gasteiger charge is 2.38. The number of hydrogen-bond donors (Lipinski definition) is 0. The lowest BCUT2D eigenvalue weighted by molar-refractivity contribution is 0.104. The summed E-state index contributed by atoms with van der Waals surface area (Å²) < 4.78 is 0. The third-order valence-corrected chi connectivity index (χ3v) is 9.72. The van der Waals surface area contributed by atoms with E-state index in [4.69, 9.17) is 0 Å². The maximum atomic E-state index is 13.2. The molecule has 4 nitrogen and oxygen atoms in total. The zero-order chi connectivity index (χ0) is 30.2. The molecule has 0 spiro atoms. The lowest BCUT2D eigenvalue weighted by Crippen LogP contribution is -2.17. The summed E-state index contributed by atoms with van der Waals surface area (Å²) >= 11 is 1.75. The predicted molar refractivity (Wildman–Crippen MR) is 179 cm³/mol. The Morgan fingerprint density at radius 1 is 0.721 bits per heavy atom. The van der Waals surface area contributed by atoms with Gasteiger partial charge in [-0.2, -0.15) is 0 Å². The number of nitrogens with zero attached hydrogens (tertiary/aromatic N) is 3. The average molecular weight is 580 g/mol. The van der Waals surface area contributed by atoms with Crippen molar-refractivity contribution < 1.29 is 4.79 Å². The second-order valence-corrected chi connectivity index (χ2v) is 13.3. The number of allylic oxidation sites excluding steroid dienone is 2. The number of rotatable bonds is 4. The molecule has 7 rings (SSSR count). The summed E-state index contributed by atoms with van der Waals surface area (Å²) in [4.78, 5) is 27.1. The number of benzene rings is 2. The van der Waals surface area contributed by atoms with Crippen molar-refractivity contribution in [2.24, 2.45) is 0 Å². The van der Waals surface area contributed by atoms with E-state index in [0.717, 1.165) is 61.4 Å². The quantitative estimate of drug-likeness (QED) is 0.199. The first kappa shape index (κ1) is 27.2. The number of carbonyl (C=O) groups is 1. The Morgan fingerprint density at radius 3 is 1.88 bits per heavy atom. The normalized spacial score (nSPS) is 15.5. The first-order valence-corrected chi connectivity index (χ1v) is 15.4. The van der Waals surface area contributed by atoms with Crippen molar-refractivity contribution in [2.45, 2.75) is 47.0 Å². The summed E-state index contributed by atoms with van der Waals surface area (Å²) in [6.07, 6.45) is 2.03. The third-order valence-electron chi connectivity index (χ3n) is 8.61. The van der Waals surface area contributed by atoms with Crippen molar-refractivity contribution in [3.63, 3.8) is 0 Å². The van der Waals surface area contributed by atoms with Crippen LogP contribution in [0.1, 0.15) is 68.5 Å². The van der Waals surface area contributed by atoms with Gasteiger partial charge in [0, 0.05) is 66.1 Å². The van der Waals surface area contributed by atoms with Crippen LogP contribution in [-0.2, 0) is 5.41 Å². The van der Waals surface area contributed by atoms with Gasteiger partial charge in [-0.15, -0.1) is 11.3 Å².